The fourth-order valence-electron chi connectivity index (χ4n) is 3.85. The van der Waals surface area contributed by atoms with Crippen molar-refractivity contribution in [2.24, 2.45) is 5.92 Å². The molecule has 3 atom stereocenters. The SMILES string of the molecule is CN(C(=O)C1CC1c1ccc(Br)cc1)C1CCN(c2ccccc2)C1=O. The van der Waals surface area contributed by atoms with Gasteiger partial charge in [0, 0.05) is 29.7 Å². The van der Waals surface area contributed by atoms with E-state index in [1.807, 2.05) is 42.5 Å². The topological polar surface area (TPSA) is 40.6 Å². The average Bonchev–Trinajstić information content (AvgIpc) is 3.37. The maximum absolute atomic E-state index is 12.9. The Hall–Kier alpha value is -2.14. The van der Waals surface area contributed by atoms with Gasteiger partial charge < -0.3 is 9.80 Å². The second-order valence-electron chi connectivity index (χ2n) is 7.08. The van der Waals surface area contributed by atoms with Crippen LogP contribution in [0.15, 0.2) is 59.1 Å². The molecule has 0 bridgehead atoms. The first-order valence-electron chi connectivity index (χ1n) is 8.95. The van der Waals surface area contributed by atoms with Crippen LogP contribution in [0.1, 0.15) is 24.3 Å². The van der Waals surface area contributed by atoms with E-state index in [0.29, 0.717) is 13.0 Å². The highest BCUT2D eigenvalue weighted by atomic mass is 79.9. The van der Waals surface area contributed by atoms with Crippen LogP contribution in [0.3, 0.4) is 0 Å². The van der Waals surface area contributed by atoms with Gasteiger partial charge in [-0.15, -0.1) is 0 Å². The molecule has 2 aliphatic rings. The maximum Gasteiger partial charge on any atom is 0.249 e. The van der Waals surface area contributed by atoms with Crippen LogP contribution in [-0.2, 0) is 9.59 Å². The van der Waals surface area contributed by atoms with Gasteiger partial charge in [-0.3, -0.25) is 9.59 Å². The predicted octanol–water partition coefficient (Wildman–Crippen LogP) is 3.82. The molecule has 1 aliphatic heterocycles. The minimum atomic E-state index is -0.353. The van der Waals surface area contributed by atoms with Crippen molar-refractivity contribution < 1.29 is 9.59 Å². The number of rotatable bonds is 4. The molecule has 134 valence electrons. The van der Waals surface area contributed by atoms with Crippen LogP contribution in [0.2, 0.25) is 0 Å². The van der Waals surface area contributed by atoms with Gasteiger partial charge in [-0.25, -0.2) is 0 Å². The molecule has 2 fully saturated rings. The summed E-state index contributed by atoms with van der Waals surface area (Å²) < 4.78 is 1.04. The molecule has 1 aliphatic carbocycles. The van der Waals surface area contributed by atoms with E-state index in [9.17, 15) is 9.59 Å². The monoisotopic (exact) mass is 412 g/mol. The molecule has 0 aromatic heterocycles. The molecule has 2 amide bonds. The van der Waals surface area contributed by atoms with Crippen molar-refractivity contribution in [3.63, 3.8) is 0 Å². The summed E-state index contributed by atoms with van der Waals surface area (Å²) in [6.45, 7) is 0.659. The standard InChI is InChI=1S/C21H21BrN2O2/c1-23(19-11-12-24(21(19)26)16-5-3-2-4-6-16)20(25)18-13-17(18)14-7-9-15(22)10-8-14/h2-10,17-19H,11-13H2,1H3. The van der Waals surface area contributed by atoms with Gasteiger partial charge in [-0.2, -0.15) is 0 Å². The quantitative estimate of drug-likeness (QED) is 0.765. The molecule has 4 rings (SSSR count). The highest BCUT2D eigenvalue weighted by Gasteiger charge is 2.48. The Balaban J connectivity index is 1.42. The van der Waals surface area contributed by atoms with Gasteiger partial charge in [0.2, 0.25) is 11.8 Å². The first-order valence-corrected chi connectivity index (χ1v) is 9.74. The third-order valence-corrected chi connectivity index (χ3v) is 5.99. The lowest BCUT2D eigenvalue weighted by Crippen LogP contribution is -2.43. The number of benzene rings is 2. The number of amides is 2. The highest BCUT2D eigenvalue weighted by molar-refractivity contribution is 9.10. The largest absolute Gasteiger partial charge is 0.333 e. The van der Waals surface area contributed by atoms with E-state index in [-0.39, 0.29) is 29.7 Å². The summed E-state index contributed by atoms with van der Waals surface area (Å²) >= 11 is 3.44. The lowest BCUT2D eigenvalue weighted by Gasteiger charge is -2.24. The van der Waals surface area contributed by atoms with E-state index in [1.54, 1.807) is 16.8 Å². The summed E-state index contributed by atoms with van der Waals surface area (Å²) in [5.74, 6) is 0.388. The highest BCUT2D eigenvalue weighted by Crippen LogP contribution is 2.48. The molecule has 2 aromatic carbocycles. The molecule has 1 saturated carbocycles. The third kappa shape index (κ3) is 3.16. The number of anilines is 1. The molecule has 3 unspecified atom stereocenters. The fourth-order valence-corrected chi connectivity index (χ4v) is 4.11. The van der Waals surface area contributed by atoms with Crippen LogP contribution in [0.25, 0.3) is 0 Å². The second kappa shape index (κ2) is 6.88. The number of carbonyl (C=O) groups is 2. The summed E-state index contributed by atoms with van der Waals surface area (Å²) in [5, 5.41) is 0. The molecule has 2 aromatic rings. The molecule has 1 saturated heterocycles. The van der Waals surface area contributed by atoms with Crippen LogP contribution < -0.4 is 4.90 Å². The number of halogens is 1. The number of hydrogen-bond acceptors (Lipinski definition) is 2. The average molecular weight is 413 g/mol. The zero-order valence-corrected chi connectivity index (χ0v) is 16.2. The third-order valence-electron chi connectivity index (χ3n) is 5.47. The van der Waals surface area contributed by atoms with Crippen molar-refractivity contribution in [3.05, 3.63) is 64.6 Å². The van der Waals surface area contributed by atoms with E-state index in [2.05, 4.69) is 28.1 Å². The first-order chi connectivity index (χ1) is 12.6. The van der Waals surface area contributed by atoms with Gasteiger partial charge in [0.25, 0.3) is 0 Å². The van der Waals surface area contributed by atoms with E-state index in [4.69, 9.17) is 0 Å². The molecular formula is C21H21BrN2O2. The molecular weight excluding hydrogens is 392 g/mol. The Kier molecular flexibility index (Phi) is 4.57. The Morgan fingerprint density at radius 2 is 1.81 bits per heavy atom. The van der Waals surface area contributed by atoms with Crippen LogP contribution in [-0.4, -0.2) is 36.3 Å². The van der Waals surface area contributed by atoms with Gasteiger partial charge in [-0.05, 0) is 48.6 Å². The van der Waals surface area contributed by atoms with Gasteiger partial charge in [0.15, 0.2) is 0 Å². The normalized spacial score (nSPS) is 24.6. The zero-order chi connectivity index (χ0) is 18.3. The summed E-state index contributed by atoms with van der Waals surface area (Å²) in [7, 11) is 1.77. The fraction of sp³-hybridized carbons (Fsp3) is 0.333. The van der Waals surface area contributed by atoms with Gasteiger partial charge >= 0.3 is 0 Å². The Morgan fingerprint density at radius 1 is 1.12 bits per heavy atom. The second-order valence-corrected chi connectivity index (χ2v) is 7.99. The summed E-state index contributed by atoms with van der Waals surface area (Å²) in [6, 6.07) is 17.5. The van der Waals surface area contributed by atoms with Crippen molar-refractivity contribution in [3.8, 4) is 0 Å². The van der Waals surface area contributed by atoms with E-state index >= 15 is 0 Å². The number of hydrogen-bond donors (Lipinski definition) is 0. The van der Waals surface area contributed by atoms with Crippen molar-refractivity contribution in [2.45, 2.75) is 24.8 Å². The van der Waals surface area contributed by atoms with Gasteiger partial charge in [0.1, 0.15) is 6.04 Å². The van der Waals surface area contributed by atoms with Crippen molar-refractivity contribution >= 4 is 33.4 Å². The smallest absolute Gasteiger partial charge is 0.249 e. The summed E-state index contributed by atoms with van der Waals surface area (Å²) in [6.07, 6.45) is 1.56. The van der Waals surface area contributed by atoms with Gasteiger partial charge in [0.05, 0.1) is 0 Å². The van der Waals surface area contributed by atoms with Crippen LogP contribution in [0.5, 0.6) is 0 Å². The molecule has 26 heavy (non-hydrogen) atoms. The Morgan fingerprint density at radius 3 is 2.50 bits per heavy atom. The predicted molar refractivity (Wildman–Crippen MR) is 105 cm³/mol. The lowest BCUT2D eigenvalue weighted by molar-refractivity contribution is -0.137. The molecule has 5 heteroatoms. The van der Waals surface area contributed by atoms with E-state index in [1.165, 1.54) is 5.56 Å². The first kappa shape index (κ1) is 17.3. The molecule has 1 heterocycles. The molecule has 0 radical (unpaired) electrons. The van der Waals surface area contributed by atoms with E-state index < -0.39 is 0 Å². The van der Waals surface area contributed by atoms with Gasteiger partial charge in [-0.1, -0.05) is 46.3 Å². The molecule has 0 spiro atoms. The minimum absolute atomic E-state index is 0.000231. The maximum atomic E-state index is 12.9. The number of carbonyl (C=O) groups excluding carboxylic acids is 2. The number of para-hydroxylation sites is 1. The Bertz CT molecular complexity index is 822. The lowest BCUT2D eigenvalue weighted by atomic mass is 10.1. The van der Waals surface area contributed by atoms with Crippen molar-refractivity contribution in [1.82, 2.24) is 4.90 Å². The zero-order valence-electron chi connectivity index (χ0n) is 14.6. The summed E-state index contributed by atoms with van der Waals surface area (Å²) in [5.41, 5.74) is 2.10. The minimum Gasteiger partial charge on any atom is -0.333 e. The number of likely N-dealkylation sites (N-methyl/N-ethyl adjacent to an activating group) is 1. The molecule has 0 N–H and O–H groups in total. The number of nitrogens with zero attached hydrogens (tertiary/aromatic N) is 2. The van der Waals surface area contributed by atoms with Crippen LogP contribution >= 0.6 is 15.9 Å². The van der Waals surface area contributed by atoms with E-state index in [0.717, 1.165) is 16.6 Å². The van der Waals surface area contributed by atoms with Crippen molar-refractivity contribution in [2.75, 3.05) is 18.5 Å². The van der Waals surface area contributed by atoms with Crippen LogP contribution in [0, 0.1) is 5.92 Å². The van der Waals surface area contributed by atoms with Crippen molar-refractivity contribution in [1.29, 1.82) is 0 Å². The Labute approximate surface area is 161 Å². The summed E-state index contributed by atoms with van der Waals surface area (Å²) in [4.78, 5) is 29.1. The molecule has 4 nitrogen and oxygen atoms in total. The van der Waals surface area contributed by atoms with Crippen LogP contribution in [0.4, 0.5) is 5.69 Å².